The fourth-order valence-corrected chi connectivity index (χ4v) is 1.68. The number of hydrogen-bond donors (Lipinski definition) is 2. The molecule has 2 N–H and O–H groups in total. The van der Waals surface area contributed by atoms with Crippen molar-refractivity contribution in [1.29, 1.82) is 0 Å². The van der Waals surface area contributed by atoms with Crippen molar-refractivity contribution in [1.82, 2.24) is 5.32 Å². The van der Waals surface area contributed by atoms with Crippen molar-refractivity contribution in [2.75, 3.05) is 6.54 Å². The first kappa shape index (κ1) is 16.0. The Morgan fingerprint density at radius 2 is 2.00 bits per heavy atom. The lowest BCUT2D eigenvalue weighted by Gasteiger charge is -2.09. The maximum atomic E-state index is 10.9. The van der Waals surface area contributed by atoms with E-state index in [0.717, 1.165) is 6.07 Å². The fourth-order valence-electron chi connectivity index (χ4n) is 1.68. The predicted octanol–water partition coefficient (Wildman–Crippen LogP) is 1.75. The molecule has 8 heteroatoms. The number of nitrogens with one attached hydrogen (secondary N) is 1. The Labute approximate surface area is 115 Å². The Bertz CT molecular complexity index is 492. The molecule has 0 aliphatic rings. The van der Waals surface area contributed by atoms with Crippen LogP contribution in [0, 0.1) is 20.2 Å². The van der Waals surface area contributed by atoms with Crippen molar-refractivity contribution in [3.8, 4) is 0 Å². The summed E-state index contributed by atoms with van der Waals surface area (Å²) < 4.78 is 0. The van der Waals surface area contributed by atoms with Gasteiger partial charge in [-0.3, -0.25) is 20.2 Å². The molecule has 1 unspecified atom stereocenters. The lowest BCUT2D eigenvalue weighted by molar-refractivity contribution is -0.394. The van der Waals surface area contributed by atoms with E-state index >= 15 is 0 Å². The molecule has 8 nitrogen and oxygen atoms in total. The first-order valence-corrected chi connectivity index (χ1v) is 6.26. The van der Waals surface area contributed by atoms with Gasteiger partial charge in [0.05, 0.1) is 22.0 Å². The Kier molecular flexibility index (Phi) is 6.01. The van der Waals surface area contributed by atoms with Crippen molar-refractivity contribution < 1.29 is 15.0 Å². The van der Waals surface area contributed by atoms with Gasteiger partial charge in [-0.25, -0.2) is 0 Å². The monoisotopic (exact) mass is 283 g/mol. The molecule has 0 saturated carbocycles. The van der Waals surface area contributed by atoms with Crippen LogP contribution in [0.2, 0.25) is 0 Å². The van der Waals surface area contributed by atoms with Crippen LogP contribution in [0.3, 0.4) is 0 Å². The molecule has 0 radical (unpaired) electrons. The van der Waals surface area contributed by atoms with Gasteiger partial charge in [0.25, 0.3) is 11.4 Å². The smallest absolute Gasteiger partial charge is 0.280 e. The highest BCUT2D eigenvalue weighted by molar-refractivity contribution is 5.49. The SMILES string of the molecule is CCC(O)CCNCc1ccc([N+](=O)[O-])cc1[N+](=O)[O-]. The molecule has 0 heterocycles. The molecule has 1 atom stereocenters. The van der Waals surface area contributed by atoms with Crippen LogP contribution in [-0.2, 0) is 6.54 Å². The van der Waals surface area contributed by atoms with Crippen LogP contribution in [0.5, 0.6) is 0 Å². The van der Waals surface area contributed by atoms with E-state index in [2.05, 4.69) is 5.32 Å². The van der Waals surface area contributed by atoms with Crippen LogP contribution in [0.1, 0.15) is 25.3 Å². The fraction of sp³-hybridized carbons (Fsp3) is 0.500. The number of benzene rings is 1. The second kappa shape index (κ2) is 7.51. The van der Waals surface area contributed by atoms with Crippen LogP contribution in [-0.4, -0.2) is 27.6 Å². The van der Waals surface area contributed by atoms with E-state index in [1.807, 2.05) is 6.92 Å². The summed E-state index contributed by atoms with van der Waals surface area (Å²) in [7, 11) is 0. The summed E-state index contributed by atoms with van der Waals surface area (Å²) >= 11 is 0. The van der Waals surface area contributed by atoms with Gasteiger partial charge in [0.1, 0.15) is 0 Å². The number of aliphatic hydroxyl groups excluding tert-OH is 1. The van der Waals surface area contributed by atoms with Crippen molar-refractivity contribution in [2.45, 2.75) is 32.4 Å². The van der Waals surface area contributed by atoms with E-state index in [0.29, 0.717) is 24.9 Å². The number of aliphatic hydroxyl groups is 1. The Balaban J connectivity index is 2.70. The molecule has 0 amide bonds. The van der Waals surface area contributed by atoms with E-state index in [-0.39, 0.29) is 17.9 Å². The summed E-state index contributed by atoms with van der Waals surface area (Å²) in [5, 5.41) is 33.8. The molecule has 0 aromatic heterocycles. The second-order valence-electron chi connectivity index (χ2n) is 4.35. The van der Waals surface area contributed by atoms with Crippen LogP contribution >= 0.6 is 0 Å². The summed E-state index contributed by atoms with van der Waals surface area (Å²) in [5.41, 5.74) is -0.198. The van der Waals surface area contributed by atoms with Crippen molar-refractivity contribution in [3.63, 3.8) is 0 Å². The Morgan fingerprint density at radius 1 is 1.30 bits per heavy atom. The topological polar surface area (TPSA) is 119 Å². The molecule has 0 bridgehead atoms. The third-order valence-corrected chi connectivity index (χ3v) is 2.92. The van der Waals surface area contributed by atoms with Crippen molar-refractivity contribution in [3.05, 3.63) is 44.0 Å². The Hall–Kier alpha value is -2.06. The molecule has 0 fully saturated rings. The molecule has 0 saturated heterocycles. The van der Waals surface area contributed by atoms with Gasteiger partial charge < -0.3 is 10.4 Å². The van der Waals surface area contributed by atoms with Gasteiger partial charge in [-0.1, -0.05) is 6.92 Å². The quantitative estimate of drug-likeness (QED) is 0.426. The normalized spacial score (nSPS) is 12.1. The van der Waals surface area contributed by atoms with Gasteiger partial charge in [0.2, 0.25) is 0 Å². The third-order valence-electron chi connectivity index (χ3n) is 2.92. The highest BCUT2D eigenvalue weighted by Crippen LogP contribution is 2.24. The summed E-state index contributed by atoms with van der Waals surface area (Å²) in [6.45, 7) is 2.61. The average molecular weight is 283 g/mol. The van der Waals surface area contributed by atoms with Gasteiger partial charge in [-0.2, -0.15) is 0 Å². The number of nitro groups is 2. The van der Waals surface area contributed by atoms with Crippen molar-refractivity contribution in [2.24, 2.45) is 0 Å². The number of non-ortho nitro benzene ring substituents is 1. The minimum atomic E-state index is -0.665. The van der Waals surface area contributed by atoms with Crippen LogP contribution < -0.4 is 5.32 Å². The maximum absolute atomic E-state index is 10.9. The molecule has 20 heavy (non-hydrogen) atoms. The predicted molar refractivity (Wildman–Crippen MR) is 72.4 cm³/mol. The van der Waals surface area contributed by atoms with Crippen LogP contribution in [0.4, 0.5) is 11.4 Å². The summed E-state index contributed by atoms with van der Waals surface area (Å²) in [6.07, 6.45) is 0.811. The molecule has 0 aliphatic carbocycles. The molecule has 110 valence electrons. The van der Waals surface area contributed by atoms with Gasteiger partial charge in [-0.15, -0.1) is 0 Å². The van der Waals surface area contributed by atoms with E-state index in [4.69, 9.17) is 0 Å². The largest absolute Gasteiger partial charge is 0.393 e. The number of nitro benzene ring substituents is 2. The zero-order valence-electron chi connectivity index (χ0n) is 11.1. The average Bonchev–Trinajstić information content (AvgIpc) is 2.42. The molecule has 1 aromatic carbocycles. The van der Waals surface area contributed by atoms with E-state index in [1.165, 1.54) is 12.1 Å². The van der Waals surface area contributed by atoms with E-state index in [1.54, 1.807) is 0 Å². The zero-order chi connectivity index (χ0) is 15.1. The molecule has 0 aliphatic heterocycles. The van der Waals surface area contributed by atoms with Gasteiger partial charge in [0, 0.05) is 18.2 Å². The van der Waals surface area contributed by atoms with E-state index < -0.39 is 16.0 Å². The summed E-state index contributed by atoms with van der Waals surface area (Å²) in [6, 6.07) is 3.57. The number of hydrogen-bond acceptors (Lipinski definition) is 6. The lowest BCUT2D eigenvalue weighted by Crippen LogP contribution is -2.20. The first-order valence-electron chi connectivity index (χ1n) is 6.26. The summed E-state index contributed by atoms with van der Waals surface area (Å²) in [5.74, 6) is 0. The standard InChI is InChI=1S/C12H17N3O5/c1-2-11(16)5-6-13-8-9-3-4-10(14(17)18)7-12(9)15(19)20/h3-4,7,11,13,16H,2,5-6,8H2,1H3. The third kappa shape index (κ3) is 4.56. The molecule has 0 spiro atoms. The number of rotatable bonds is 8. The van der Waals surface area contributed by atoms with Crippen LogP contribution in [0.15, 0.2) is 18.2 Å². The first-order chi connectivity index (χ1) is 9.45. The van der Waals surface area contributed by atoms with E-state index in [9.17, 15) is 25.3 Å². The molecular formula is C12H17N3O5. The maximum Gasteiger partial charge on any atom is 0.280 e. The number of nitrogens with zero attached hydrogens (tertiary/aromatic N) is 2. The van der Waals surface area contributed by atoms with Crippen molar-refractivity contribution >= 4 is 11.4 Å². The summed E-state index contributed by atoms with van der Waals surface area (Å²) in [4.78, 5) is 20.2. The van der Waals surface area contributed by atoms with Gasteiger partial charge in [-0.05, 0) is 25.5 Å². The Morgan fingerprint density at radius 3 is 2.55 bits per heavy atom. The zero-order valence-corrected chi connectivity index (χ0v) is 11.1. The minimum Gasteiger partial charge on any atom is -0.393 e. The highest BCUT2D eigenvalue weighted by atomic mass is 16.6. The minimum absolute atomic E-state index is 0.227. The highest BCUT2D eigenvalue weighted by Gasteiger charge is 2.18. The van der Waals surface area contributed by atoms with Crippen LogP contribution in [0.25, 0.3) is 0 Å². The molecule has 1 aromatic rings. The lowest BCUT2D eigenvalue weighted by atomic mass is 10.1. The van der Waals surface area contributed by atoms with Gasteiger partial charge in [0.15, 0.2) is 0 Å². The second-order valence-corrected chi connectivity index (χ2v) is 4.35. The molecule has 1 rings (SSSR count). The van der Waals surface area contributed by atoms with Gasteiger partial charge >= 0.3 is 0 Å². The molecular weight excluding hydrogens is 266 g/mol.